The van der Waals surface area contributed by atoms with Crippen LogP contribution in [0.4, 0.5) is 0 Å². The Morgan fingerprint density at radius 2 is 2.41 bits per heavy atom. The first-order chi connectivity index (χ1) is 8.11. The summed E-state index contributed by atoms with van der Waals surface area (Å²) in [5.41, 5.74) is 1.09. The maximum atomic E-state index is 10.3. The summed E-state index contributed by atoms with van der Waals surface area (Å²) in [6.07, 6.45) is 5.88. The van der Waals surface area contributed by atoms with E-state index in [1.54, 1.807) is 0 Å². The van der Waals surface area contributed by atoms with Crippen LogP contribution in [0.5, 0.6) is 0 Å². The van der Waals surface area contributed by atoms with E-state index < -0.39 is 5.60 Å². The zero-order chi connectivity index (χ0) is 12.3. The predicted molar refractivity (Wildman–Crippen MR) is 75.4 cm³/mol. The Kier molecular flexibility index (Phi) is 4.56. The lowest BCUT2D eigenvalue weighted by atomic mass is 9.80. The van der Waals surface area contributed by atoms with Gasteiger partial charge in [0.05, 0.1) is 5.60 Å². The summed E-state index contributed by atoms with van der Waals surface area (Å²) in [6.45, 7) is 6.39. The molecule has 0 aromatic carbocycles. The average Bonchev–Trinajstić information content (AvgIpc) is 2.70. The van der Waals surface area contributed by atoms with Gasteiger partial charge in [0.25, 0.3) is 0 Å². The Bertz CT molecular complexity index is 284. The fourth-order valence-corrected chi connectivity index (χ4v) is 4.23. The molecule has 98 valence electrons. The molecule has 0 radical (unpaired) electrons. The number of rotatable bonds is 4. The predicted octanol–water partition coefficient (Wildman–Crippen LogP) is 2.44. The third-order valence-corrected chi connectivity index (χ3v) is 5.50. The number of aliphatic hydroxyl groups is 1. The van der Waals surface area contributed by atoms with Gasteiger partial charge in [-0.25, -0.2) is 0 Å². The zero-order valence-electron chi connectivity index (χ0n) is 11.0. The molecule has 0 saturated carbocycles. The SMILES string of the molecule is CC1=CCCC(C)C1CNCC1(O)CCSC1. The molecule has 0 aromatic rings. The van der Waals surface area contributed by atoms with Gasteiger partial charge in [0.15, 0.2) is 0 Å². The number of hydrogen-bond acceptors (Lipinski definition) is 3. The normalized spacial score (nSPS) is 38.2. The Morgan fingerprint density at radius 3 is 3.06 bits per heavy atom. The fraction of sp³-hybridized carbons (Fsp3) is 0.857. The summed E-state index contributed by atoms with van der Waals surface area (Å²) in [4.78, 5) is 0. The maximum absolute atomic E-state index is 10.3. The van der Waals surface area contributed by atoms with E-state index in [0.717, 1.165) is 36.9 Å². The topological polar surface area (TPSA) is 32.3 Å². The van der Waals surface area contributed by atoms with Gasteiger partial charge in [-0.05, 0) is 43.8 Å². The third kappa shape index (κ3) is 3.49. The molecule has 2 aliphatic rings. The van der Waals surface area contributed by atoms with E-state index in [1.807, 2.05) is 11.8 Å². The Labute approximate surface area is 109 Å². The molecule has 2 nitrogen and oxygen atoms in total. The number of allylic oxidation sites excluding steroid dienone is 1. The monoisotopic (exact) mass is 255 g/mol. The van der Waals surface area contributed by atoms with Gasteiger partial charge in [-0.3, -0.25) is 0 Å². The lowest BCUT2D eigenvalue weighted by Gasteiger charge is -2.30. The minimum Gasteiger partial charge on any atom is -0.388 e. The Morgan fingerprint density at radius 1 is 1.59 bits per heavy atom. The van der Waals surface area contributed by atoms with Crippen molar-refractivity contribution in [3.05, 3.63) is 11.6 Å². The molecule has 1 saturated heterocycles. The molecular formula is C14H25NOS. The molecule has 0 amide bonds. The van der Waals surface area contributed by atoms with Gasteiger partial charge in [0.1, 0.15) is 0 Å². The second kappa shape index (κ2) is 5.77. The van der Waals surface area contributed by atoms with Crippen LogP contribution in [0.2, 0.25) is 0 Å². The molecule has 3 heteroatoms. The first kappa shape index (κ1) is 13.4. The summed E-state index contributed by atoms with van der Waals surface area (Å²) < 4.78 is 0. The van der Waals surface area contributed by atoms with Crippen molar-refractivity contribution >= 4 is 11.8 Å². The van der Waals surface area contributed by atoms with Gasteiger partial charge < -0.3 is 10.4 Å². The van der Waals surface area contributed by atoms with Gasteiger partial charge in [-0.15, -0.1) is 0 Å². The van der Waals surface area contributed by atoms with E-state index >= 15 is 0 Å². The molecule has 2 N–H and O–H groups in total. The highest BCUT2D eigenvalue weighted by molar-refractivity contribution is 7.99. The zero-order valence-corrected chi connectivity index (χ0v) is 11.9. The standard InChI is InChI=1S/C14H25NOS/c1-11-4-3-5-12(2)13(11)8-15-9-14(16)6-7-17-10-14/h4,12-13,15-16H,3,5-10H2,1-2H3. The highest BCUT2D eigenvalue weighted by Gasteiger charge is 2.31. The van der Waals surface area contributed by atoms with Crippen LogP contribution in [0.25, 0.3) is 0 Å². The van der Waals surface area contributed by atoms with E-state index in [4.69, 9.17) is 0 Å². The second-order valence-corrected chi connectivity index (χ2v) is 6.87. The molecular weight excluding hydrogens is 230 g/mol. The molecule has 1 fully saturated rings. The van der Waals surface area contributed by atoms with Gasteiger partial charge >= 0.3 is 0 Å². The molecule has 2 rings (SSSR count). The van der Waals surface area contributed by atoms with Gasteiger partial charge in [-0.1, -0.05) is 18.6 Å². The van der Waals surface area contributed by atoms with Crippen molar-refractivity contribution in [1.82, 2.24) is 5.32 Å². The van der Waals surface area contributed by atoms with E-state index in [2.05, 4.69) is 25.2 Å². The largest absolute Gasteiger partial charge is 0.388 e. The van der Waals surface area contributed by atoms with Crippen LogP contribution >= 0.6 is 11.8 Å². The molecule has 0 spiro atoms. The summed E-state index contributed by atoms with van der Waals surface area (Å²) in [7, 11) is 0. The Hall–Kier alpha value is 0.0100. The number of hydrogen-bond donors (Lipinski definition) is 2. The highest BCUT2D eigenvalue weighted by Crippen LogP contribution is 2.30. The van der Waals surface area contributed by atoms with Crippen LogP contribution < -0.4 is 5.32 Å². The van der Waals surface area contributed by atoms with Crippen LogP contribution in [0.1, 0.15) is 33.1 Å². The summed E-state index contributed by atoms with van der Waals surface area (Å²) >= 11 is 1.87. The van der Waals surface area contributed by atoms with Crippen molar-refractivity contribution in [3.8, 4) is 0 Å². The van der Waals surface area contributed by atoms with E-state index in [0.29, 0.717) is 5.92 Å². The van der Waals surface area contributed by atoms with Crippen LogP contribution in [0, 0.1) is 11.8 Å². The molecule has 0 bridgehead atoms. The molecule has 1 aliphatic carbocycles. The van der Waals surface area contributed by atoms with Gasteiger partial charge in [-0.2, -0.15) is 11.8 Å². The summed E-state index contributed by atoms with van der Waals surface area (Å²) in [5.74, 6) is 3.45. The van der Waals surface area contributed by atoms with Crippen molar-refractivity contribution in [3.63, 3.8) is 0 Å². The second-order valence-electron chi connectivity index (χ2n) is 5.77. The van der Waals surface area contributed by atoms with Crippen LogP contribution in [0.15, 0.2) is 11.6 Å². The van der Waals surface area contributed by atoms with E-state index in [1.165, 1.54) is 18.4 Å². The number of nitrogens with one attached hydrogen (secondary N) is 1. The van der Waals surface area contributed by atoms with Gasteiger partial charge in [0, 0.05) is 18.8 Å². The lowest BCUT2D eigenvalue weighted by molar-refractivity contribution is 0.0663. The van der Waals surface area contributed by atoms with Crippen LogP contribution in [-0.4, -0.2) is 35.3 Å². The first-order valence-corrected chi connectivity index (χ1v) is 7.94. The molecule has 17 heavy (non-hydrogen) atoms. The number of thioether (sulfide) groups is 1. The molecule has 0 aromatic heterocycles. The third-order valence-electron chi connectivity index (χ3n) is 4.26. The summed E-state index contributed by atoms with van der Waals surface area (Å²) in [6, 6.07) is 0. The minimum absolute atomic E-state index is 0.444. The maximum Gasteiger partial charge on any atom is 0.0869 e. The highest BCUT2D eigenvalue weighted by atomic mass is 32.2. The van der Waals surface area contributed by atoms with E-state index in [9.17, 15) is 5.11 Å². The van der Waals surface area contributed by atoms with Crippen LogP contribution in [0.3, 0.4) is 0 Å². The lowest BCUT2D eigenvalue weighted by Crippen LogP contribution is -2.43. The van der Waals surface area contributed by atoms with Crippen molar-refractivity contribution in [2.24, 2.45) is 11.8 Å². The smallest absolute Gasteiger partial charge is 0.0869 e. The van der Waals surface area contributed by atoms with Crippen molar-refractivity contribution in [1.29, 1.82) is 0 Å². The minimum atomic E-state index is -0.444. The van der Waals surface area contributed by atoms with Crippen LogP contribution in [-0.2, 0) is 0 Å². The first-order valence-electron chi connectivity index (χ1n) is 6.78. The van der Waals surface area contributed by atoms with Crippen molar-refractivity contribution in [2.45, 2.75) is 38.7 Å². The van der Waals surface area contributed by atoms with Crippen molar-refractivity contribution in [2.75, 3.05) is 24.6 Å². The quantitative estimate of drug-likeness (QED) is 0.757. The molecule has 3 atom stereocenters. The Balaban J connectivity index is 1.77. The van der Waals surface area contributed by atoms with Crippen molar-refractivity contribution < 1.29 is 5.11 Å². The molecule has 1 aliphatic heterocycles. The average molecular weight is 255 g/mol. The fourth-order valence-electron chi connectivity index (χ4n) is 2.93. The van der Waals surface area contributed by atoms with E-state index in [-0.39, 0.29) is 0 Å². The molecule has 1 heterocycles. The molecule has 3 unspecified atom stereocenters. The van der Waals surface area contributed by atoms with Gasteiger partial charge in [0.2, 0.25) is 0 Å². The summed E-state index contributed by atoms with van der Waals surface area (Å²) in [5, 5.41) is 13.7.